The van der Waals surface area contributed by atoms with Crippen molar-refractivity contribution in [2.24, 2.45) is 29.1 Å². The van der Waals surface area contributed by atoms with E-state index < -0.39 is 46.2 Å². The molecule has 1 aromatic carbocycles. The molecule has 6 fully saturated rings. The zero-order chi connectivity index (χ0) is 32.1. The number of benzene rings is 1. The van der Waals surface area contributed by atoms with Crippen molar-refractivity contribution in [2.75, 3.05) is 40.2 Å². The maximum absolute atomic E-state index is 14.0. The normalized spacial score (nSPS) is 45.6. The number of nitrogen functional groups attached to an aromatic ring is 1. The first-order valence-electron chi connectivity index (χ1n) is 16.3. The molecule has 6 aliphatic rings. The summed E-state index contributed by atoms with van der Waals surface area (Å²) in [5, 5.41) is 0. The molecule has 45 heavy (non-hydrogen) atoms. The fraction of sp³-hybridized carbons (Fsp3) is 0.735. The smallest absolute Gasteiger partial charge is 0.340 e. The van der Waals surface area contributed by atoms with Crippen molar-refractivity contribution in [3.05, 3.63) is 29.8 Å². The van der Waals surface area contributed by atoms with E-state index in [1.807, 2.05) is 0 Å². The number of nitrogens with two attached hydrogens (primary N) is 1. The number of ether oxygens (including phenoxy) is 6. The van der Waals surface area contributed by atoms with Crippen molar-refractivity contribution in [3.8, 4) is 0 Å². The molecule has 0 radical (unpaired) electrons. The van der Waals surface area contributed by atoms with E-state index >= 15 is 0 Å². The number of carbonyl (C=O) groups excluding carboxylic acids is 3. The van der Waals surface area contributed by atoms with E-state index in [-0.39, 0.29) is 41.9 Å². The molecule has 11 nitrogen and oxygen atoms in total. The lowest BCUT2D eigenvalue weighted by molar-refractivity contribution is -0.341. The number of hydrogen-bond acceptors (Lipinski definition) is 11. The van der Waals surface area contributed by atoms with Gasteiger partial charge in [-0.25, -0.2) is 4.79 Å². The summed E-state index contributed by atoms with van der Waals surface area (Å²) >= 11 is 0. The van der Waals surface area contributed by atoms with Gasteiger partial charge in [-0.2, -0.15) is 0 Å². The van der Waals surface area contributed by atoms with Crippen LogP contribution in [0.1, 0.15) is 63.2 Å². The van der Waals surface area contributed by atoms with Gasteiger partial charge >= 0.3 is 17.9 Å². The number of rotatable bonds is 8. The highest BCUT2D eigenvalue weighted by atomic mass is 16.6. The molecule has 1 saturated heterocycles. The third kappa shape index (κ3) is 3.64. The molecule has 5 saturated carbocycles. The van der Waals surface area contributed by atoms with E-state index in [4.69, 9.17) is 34.2 Å². The van der Waals surface area contributed by atoms with Crippen molar-refractivity contribution in [2.45, 2.75) is 94.0 Å². The van der Waals surface area contributed by atoms with Gasteiger partial charge in [0.15, 0.2) is 11.2 Å². The summed E-state index contributed by atoms with van der Waals surface area (Å²) in [6.45, 7) is 6.18. The average molecular weight is 627 g/mol. The van der Waals surface area contributed by atoms with Crippen molar-refractivity contribution in [1.82, 2.24) is 4.90 Å². The Kier molecular flexibility index (Phi) is 7.13. The molecule has 1 heterocycles. The molecule has 12 atom stereocenters. The number of methoxy groups -OCH3 is 3. The molecule has 5 aliphatic carbocycles. The Labute approximate surface area is 264 Å². The van der Waals surface area contributed by atoms with E-state index in [2.05, 4.69) is 11.8 Å². The second-order valence-electron chi connectivity index (χ2n) is 14.2. The predicted molar refractivity (Wildman–Crippen MR) is 161 cm³/mol. The van der Waals surface area contributed by atoms with Crippen LogP contribution in [0, 0.1) is 29.1 Å². The van der Waals surface area contributed by atoms with Crippen molar-refractivity contribution < 1.29 is 42.8 Å². The Bertz CT molecular complexity index is 1410. The van der Waals surface area contributed by atoms with Crippen LogP contribution in [-0.4, -0.2) is 98.4 Å². The summed E-state index contributed by atoms with van der Waals surface area (Å²) in [6, 6.07) is 6.91. The van der Waals surface area contributed by atoms with Crippen LogP contribution in [0.3, 0.4) is 0 Å². The van der Waals surface area contributed by atoms with Gasteiger partial charge in [-0.05, 0) is 44.4 Å². The number of carbonyl (C=O) groups is 3. The summed E-state index contributed by atoms with van der Waals surface area (Å²) < 4.78 is 38.9. The highest BCUT2D eigenvalue weighted by Gasteiger charge is 2.91. The molecule has 2 N–H and O–H groups in total. The number of para-hydroxylation sites is 1. The van der Waals surface area contributed by atoms with Crippen molar-refractivity contribution in [1.29, 1.82) is 0 Å². The van der Waals surface area contributed by atoms with E-state index in [0.29, 0.717) is 56.4 Å². The maximum atomic E-state index is 14.0. The van der Waals surface area contributed by atoms with Crippen LogP contribution in [0.5, 0.6) is 0 Å². The van der Waals surface area contributed by atoms with Gasteiger partial charge in [0.25, 0.3) is 0 Å². The number of likely N-dealkylation sites (N-methyl/N-ethyl adjacent to an activating group) is 1. The molecule has 11 heteroatoms. The number of piperidine rings is 1. The standard InChI is InChI=1S/C34H46N2O9/c1-7-36-17-31(45-30(39)20-10-8-9-11-23(20)35)13-12-27(41-5)33-25(31)15-22(28(33)36)32(43-18(2)37)16-24(40-4)21-14-26(33)34(32,29(21)42-6)44-19(3)38/h8-11,21-22,24-29H,7,12-17,35H2,1-6H3/t21-,22+,24+,25-,26+,27+,28-,29+,31-,32+,33+,34+/m1/s1. The zero-order valence-corrected chi connectivity index (χ0v) is 27.1. The summed E-state index contributed by atoms with van der Waals surface area (Å²) in [5.41, 5.74) is 3.00. The fourth-order valence-corrected chi connectivity index (χ4v) is 12.2. The quantitative estimate of drug-likeness (QED) is 0.259. The van der Waals surface area contributed by atoms with Crippen LogP contribution in [0.15, 0.2) is 24.3 Å². The van der Waals surface area contributed by atoms with Gasteiger partial charge in [0, 0.05) is 89.0 Å². The number of likely N-dealkylation sites (tertiary alicyclic amines) is 1. The van der Waals surface area contributed by atoms with E-state index in [1.54, 1.807) is 45.6 Å². The molecule has 1 aromatic rings. The lowest BCUT2D eigenvalue weighted by atomic mass is 9.43. The van der Waals surface area contributed by atoms with Gasteiger partial charge in [-0.3, -0.25) is 14.5 Å². The molecular formula is C34H46N2O9. The van der Waals surface area contributed by atoms with Gasteiger partial charge in [0.1, 0.15) is 11.7 Å². The number of anilines is 1. The molecule has 0 aromatic heterocycles. The van der Waals surface area contributed by atoms with Crippen molar-refractivity contribution in [3.63, 3.8) is 0 Å². The number of nitrogens with zero attached hydrogens (tertiary/aromatic N) is 1. The topological polar surface area (TPSA) is 136 Å². The third-order valence-corrected chi connectivity index (χ3v) is 12.9. The maximum Gasteiger partial charge on any atom is 0.340 e. The monoisotopic (exact) mass is 626 g/mol. The molecular weight excluding hydrogens is 580 g/mol. The van der Waals surface area contributed by atoms with E-state index in [9.17, 15) is 14.4 Å². The van der Waals surface area contributed by atoms with E-state index in [1.165, 1.54) is 13.8 Å². The molecule has 0 unspecified atom stereocenters. The van der Waals surface area contributed by atoms with Gasteiger partial charge in [0.2, 0.25) is 0 Å². The summed E-state index contributed by atoms with van der Waals surface area (Å²) in [4.78, 5) is 42.8. The first kappa shape index (κ1) is 30.9. The molecule has 246 valence electrons. The second-order valence-corrected chi connectivity index (χ2v) is 14.2. The van der Waals surface area contributed by atoms with Crippen LogP contribution in [-0.2, 0) is 38.0 Å². The molecule has 0 amide bonds. The minimum Gasteiger partial charge on any atom is -0.454 e. The highest BCUT2D eigenvalue weighted by molar-refractivity contribution is 5.95. The predicted octanol–water partition coefficient (Wildman–Crippen LogP) is 2.99. The lowest BCUT2D eigenvalue weighted by Gasteiger charge is -2.71. The van der Waals surface area contributed by atoms with Crippen LogP contribution in [0.25, 0.3) is 0 Å². The van der Waals surface area contributed by atoms with Crippen molar-refractivity contribution >= 4 is 23.6 Å². The molecule has 1 aliphatic heterocycles. The van der Waals surface area contributed by atoms with Gasteiger partial charge in [0.05, 0.1) is 17.8 Å². The average Bonchev–Trinajstić information content (AvgIpc) is 3.43. The van der Waals surface area contributed by atoms with Gasteiger partial charge < -0.3 is 34.2 Å². The lowest BCUT2D eigenvalue weighted by Crippen LogP contribution is -2.84. The zero-order valence-electron chi connectivity index (χ0n) is 27.1. The van der Waals surface area contributed by atoms with Gasteiger partial charge in [-0.15, -0.1) is 0 Å². The second kappa shape index (κ2) is 10.4. The third-order valence-electron chi connectivity index (χ3n) is 12.9. The Morgan fingerprint density at radius 3 is 2.31 bits per heavy atom. The minimum atomic E-state index is -1.28. The van der Waals surface area contributed by atoms with Crippen LogP contribution >= 0.6 is 0 Å². The van der Waals surface area contributed by atoms with Gasteiger partial charge in [-0.1, -0.05) is 19.1 Å². The fourth-order valence-electron chi connectivity index (χ4n) is 12.2. The summed E-state index contributed by atoms with van der Waals surface area (Å²) in [6.07, 6.45) is 1.81. The number of fused-ring (bicyclic) bond motifs is 2. The largest absolute Gasteiger partial charge is 0.454 e. The number of esters is 3. The molecule has 7 rings (SSSR count). The Morgan fingerprint density at radius 1 is 0.956 bits per heavy atom. The van der Waals surface area contributed by atoms with Crippen LogP contribution < -0.4 is 5.73 Å². The van der Waals surface area contributed by atoms with E-state index in [0.717, 1.165) is 0 Å². The first-order chi connectivity index (χ1) is 21.5. The Hall–Kier alpha value is -2.73. The number of hydrogen-bond donors (Lipinski definition) is 1. The summed E-state index contributed by atoms with van der Waals surface area (Å²) in [7, 11) is 5.08. The Balaban J connectivity index is 1.49. The molecule has 1 spiro atoms. The Morgan fingerprint density at radius 2 is 1.69 bits per heavy atom. The SMILES string of the molecule is CCN1C[C@]2(OC(=O)c3ccccc3N)CC[C@H](OC)[C@@]34[C@@H]2C[C@@H]([C@@H]13)[C@@]1(OC(C)=O)C[C@H](OC)[C@H]2C[C@@H]4[C@]1(OC(C)=O)[C@H]2OC. The summed E-state index contributed by atoms with van der Waals surface area (Å²) in [5.74, 6) is -2.19. The first-order valence-corrected chi connectivity index (χ1v) is 16.3. The highest BCUT2D eigenvalue weighted by Crippen LogP contribution is 2.80. The van der Waals surface area contributed by atoms with Crippen LogP contribution in [0.4, 0.5) is 5.69 Å². The minimum absolute atomic E-state index is 0.0775. The van der Waals surface area contributed by atoms with Crippen LogP contribution in [0.2, 0.25) is 0 Å². The molecule has 7 bridgehead atoms.